The molecule has 0 spiro atoms. The summed E-state index contributed by atoms with van der Waals surface area (Å²) in [5, 5.41) is 3.39. The molecule has 2 bridgehead atoms. The molecular weight excluding hydrogens is 102 g/mol. The molecule has 2 heteroatoms. The molecule has 0 aliphatic carbocycles. The molecule has 0 aromatic heterocycles. The quantitative estimate of drug-likeness (QED) is 0.482. The second-order valence-corrected chi connectivity index (χ2v) is 2.64. The van der Waals surface area contributed by atoms with Gasteiger partial charge in [0.1, 0.15) is 0 Å². The highest BCUT2D eigenvalue weighted by Crippen LogP contribution is 2.17. The third kappa shape index (κ3) is 0.644. The van der Waals surface area contributed by atoms with Crippen LogP contribution in [0, 0.1) is 0 Å². The van der Waals surface area contributed by atoms with Gasteiger partial charge in [-0.2, -0.15) is 0 Å². The standard InChI is InChI=1S/C6H11NO/c1-2-6-3-7-5(1)4-8-6/h5-7H,1-4H2/t5?,6-/m1/s1. The van der Waals surface area contributed by atoms with Crippen molar-refractivity contribution >= 4 is 0 Å². The Kier molecular flexibility index (Phi) is 1.02. The summed E-state index contributed by atoms with van der Waals surface area (Å²) in [6, 6.07) is 0.681. The minimum Gasteiger partial charge on any atom is -0.375 e. The molecule has 8 heavy (non-hydrogen) atoms. The Morgan fingerprint density at radius 3 is 2.50 bits per heavy atom. The third-order valence-electron chi connectivity index (χ3n) is 2.00. The van der Waals surface area contributed by atoms with Crippen LogP contribution in [0.5, 0.6) is 0 Å². The Balaban J connectivity index is 2.03. The minimum atomic E-state index is 0.542. The molecule has 3 heterocycles. The molecule has 0 saturated carbocycles. The predicted octanol–water partition coefficient (Wildman–Crippen LogP) is 0.137. The third-order valence-corrected chi connectivity index (χ3v) is 2.00. The summed E-state index contributed by atoms with van der Waals surface area (Å²) < 4.78 is 5.41. The summed E-state index contributed by atoms with van der Waals surface area (Å²) in [5.74, 6) is 0. The highest BCUT2D eigenvalue weighted by molar-refractivity contribution is 4.83. The van der Waals surface area contributed by atoms with E-state index in [-0.39, 0.29) is 0 Å². The number of rotatable bonds is 0. The van der Waals surface area contributed by atoms with Crippen molar-refractivity contribution < 1.29 is 4.74 Å². The van der Waals surface area contributed by atoms with E-state index in [9.17, 15) is 0 Å². The van der Waals surface area contributed by atoms with E-state index in [1.54, 1.807) is 0 Å². The fourth-order valence-electron chi connectivity index (χ4n) is 1.43. The number of piperidine rings is 1. The van der Waals surface area contributed by atoms with Gasteiger partial charge >= 0.3 is 0 Å². The maximum absolute atomic E-state index is 5.41. The van der Waals surface area contributed by atoms with Gasteiger partial charge < -0.3 is 10.1 Å². The molecule has 3 aliphatic heterocycles. The molecule has 3 rings (SSSR count). The lowest BCUT2D eigenvalue weighted by atomic mass is 10.0. The van der Waals surface area contributed by atoms with Crippen molar-refractivity contribution in [3.63, 3.8) is 0 Å². The van der Waals surface area contributed by atoms with Gasteiger partial charge in [0, 0.05) is 12.6 Å². The summed E-state index contributed by atoms with van der Waals surface area (Å²) in [4.78, 5) is 0. The summed E-state index contributed by atoms with van der Waals surface area (Å²) in [6.07, 6.45) is 3.14. The Bertz CT molecular complexity index is 63.5. The Morgan fingerprint density at radius 2 is 2.38 bits per heavy atom. The van der Waals surface area contributed by atoms with Crippen molar-refractivity contribution in [2.45, 2.75) is 25.0 Å². The van der Waals surface area contributed by atoms with Crippen LogP contribution in [0.2, 0.25) is 0 Å². The summed E-state index contributed by atoms with van der Waals surface area (Å²) in [7, 11) is 0. The Morgan fingerprint density at radius 1 is 1.38 bits per heavy atom. The van der Waals surface area contributed by atoms with Gasteiger partial charge in [-0.1, -0.05) is 0 Å². The highest BCUT2D eigenvalue weighted by Gasteiger charge is 2.26. The summed E-state index contributed by atoms with van der Waals surface area (Å²) in [6.45, 7) is 2.04. The van der Waals surface area contributed by atoms with Crippen LogP contribution in [0.25, 0.3) is 0 Å². The maximum Gasteiger partial charge on any atom is 0.0700 e. The maximum atomic E-state index is 5.41. The summed E-state index contributed by atoms with van der Waals surface area (Å²) in [5.41, 5.74) is 0. The van der Waals surface area contributed by atoms with Crippen molar-refractivity contribution in [1.82, 2.24) is 5.32 Å². The van der Waals surface area contributed by atoms with Crippen LogP contribution in [-0.4, -0.2) is 25.3 Å². The molecule has 1 unspecified atom stereocenters. The predicted molar refractivity (Wildman–Crippen MR) is 30.8 cm³/mol. The van der Waals surface area contributed by atoms with Crippen molar-refractivity contribution in [2.24, 2.45) is 0 Å². The zero-order valence-electron chi connectivity index (χ0n) is 4.89. The van der Waals surface area contributed by atoms with Gasteiger partial charge in [0.15, 0.2) is 0 Å². The monoisotopic (exact) mass is 113 g/mol. The van der Waals surface area contributed by atoms with Gasteiger partial charge in [0.25, 0.3) is 0 Å². The van der Waals surface area contributed by atoms with E-state index in [4.69, 9.17) is 4.74 Å². The van der Waals surface area contributed by atoms with Crippen LogP contribution in [0.1, 0.15) is 12.8 Å². The largest absolute Gasteiger partial charge is 0.375 e. The van der Waals surface area contributed by atoms with Crippen LogP contribution in [0.3, 0.4) is 0 Å². The molecule has 0 aromatic carbocycles. The van der Waals surface area contributed by atoms with Crippen LogP contribution in [-0.2, 0) is 4.74 Å². The SMILES string of the molecule is C1C[C@@H]2CNC1CO2. The molecule has 1 N–H and O–H groups in total. The first kappa shape index (κ1) is 4.77. The highest BCUT2D eigenvalue weighted by atomic mass is 16.5. The molecule has 0 aromatic rings. The normalized spacial score (nSPS) is 45.0. The number of nitrogens with one attached hydrogen (secondary N) is 1. The number of ether oxygens (including phenoxy) is 1. The number of hydrogen-bond acceptors (Lipinski definition) is 2. The molecule has 2 atom stereocenters. The fraction of sp³-hybridized carbons (Fsp3) is 1.00. The van der Waals surface area contributed by atoms with Crippen LogP contribution in [0.4, 0.5) is 0 Å². The van der Waals surface area contributed by atoms with Gasteiger partial charge in [0.2, 0.25) is 0 Å². The van der Waals surface area contributed by atoms with Gasteiger partial charge in [0.05, 0.1) is 12.7 Å². The van der Waals surface area contributed by atoms with Gasteiger partial charge in [-0.3, -0.25) is 0 Å². The lowest BCUT2D eigenvalue weighted by molar-refractivity contribution is -0.0385. The van der Waals surface area contributed by atoms with E-state index < -0.39 is 0 Å². The van der Waals surface area contributed by atoms with E-state index in [2.05, 4.69) is 5.32 Å². The number of hydrogen-bond donors (Lipinski definition) is 1. The van der Waals surface area contributed by atoms with Crippen molar-refractivity contribution in [3.8, 4) is 0 Å². The zero-order valence-corrected chi connectivity index (χ0v) is 4.89. The molecule has 0 amide bonds. The van der Waals surface area contributed by atoms with Gasteiger partial charge in [-0.25, -0.2) is 0 Å². The first-order chi connectivity index (χ1) is 3.95. The second-order valence-electron chi connectivity index (χ2n) is 2.64. The van der Waals surface area contributed by atoms with Crippen LogP contribution in [0.15, 0.2) is 0 Å². The van der Waals surface area contributed by atoms with E-state index in [0.29, 0.717) is 12.1 Å². The molecule has 0 radical (unpaired) electrons. The topological polar surface area (TPSA) is 21.3 Å². The summed E-state index contributed by atoms with van der Waals surface area (Å²) >= 11 is 0. The Labute approximate surface area is 49.2 Å². The fourth-order valence-corrected chi connectivity index (χ4v) is 1.43. The van der Waals surface area contributed by atoms with Gasteiger partial charge in [-0.15, -0.1) is 0 Å². The number of fused-ring (bicyclic) bond motifs is 3. The molecule has 46 valence electrons. The molecule has 2 nitrogen and oxygen atoms in total. The Hall–Kier alpha value is -0.0800. The van der Waals surface area contributed by atoms with Crippen molar-refractivity contribution in [3.05, 3.63) is 0 Å². The first-order valence-electron chi connectivity index (χ1n) is 3.30. The number of morpholine rings is 1. The van der Waals surface area contributed by atoms with E-state index in [1.807, 2.05) is 0 Å². The molecule has 3 saturated heterocycles. The zero-order chi connectivity index (χ0) is 5.40. The lowest BCUT2D eigenvalue weighted by Gasteiger charge is -2.36. The van der Waals surface area contributed by atoms with Crippen molar-refractivity contribution in [2.75, 3.05) is 13.2 Å². The average Bonchev–Trinajstić information content (AvgIpc) is 1.92. The van der Waals surface area contributed by atoms with Crippen molar-refractivity contribution in [1.29, 1.82) is 0 Å². The lowest BCUT2D eigenvalue weighted by Crippen LogP contribution is -2.51. The van der Waals surface area contributed by atoms with Gasteiger partial charge in [-0.05, 0) is 12.8 Å². The van der Waals surface area contributed by atoms with E-state index >= 15 is 0 Å². The van der Waals surface area contributed by atoms with Crippen LogP contribution < -0.4 is 5.32 Å². The molecule has 3 aliphatic rings. The molecule has 3 fully saturated rings. The smallest absolute Gasteiger partial charge is 0.0700 e. The van der Waals surface area contributed by atoms with E-state index in [0.717, 1.165) is 13.2 Å². The first-order valence-corrected chi connectivity index (χ1v) is 3.30. The van der Waals surface area contributed by atoms with Crippen LogP contribution >= 0.6 is 0 Å². The van der Waals surface area contributed by atoms with E-state index in [1.165, 1.54) is 12.8 Å². The second kappa shape index (κ2) is 1.71. The average molecular weight is 113 g/mol. The minimum absolute atomic E-state index is 0.542. The molecular formula is C6H11NO.